The molecule has 0 saturated heterocycles. The summed E-state index contributed by atoms with van der Waals surface area (Å²) >= 11 is 3.17. The molecule has 0 radical (unpaired) electrons. The predicted octanol–water partition coefficient (Wildman–Crippen LogP) is 3.15. The Kier molecular flexibility index (Phi) is 3.91. The molecule has 0 aliphatic heterocycles. The second kappa shape index (κ2) is 4.98. The van der Waals surface area contributed by atoms with Crippen LogP contribution in [0.1, 0.15) is 22.8 Å². The van der Waals surface area contributed by atoms with E-state index in [1.807, 2.05) is 6.92 Å². The second-order valence-corrected chi connectivity index (χ2v) is 3.71. The van der Waals surface area contributed by atoms with E-state index in [1.54, 1.807) is 12.1 Å². The van der Waals surface area contributed by atoms with E-state index in [9.17, 15) is 4.79 Å². The SMILES string of the molecule is C=C(OCC)c1ccc(Br)c(C(=O)O)c1. The highest BCUT2D eigenvalue weighted by Gasteiger charge is 2.10. The minimum absolute atomic E-state index is 0.202. The summed E-state index contributed by atoms with van der Waals surface area (Å²) in [6, 6.07) is 4.96. The van der Waals surface area contributed by atoms with Gasteiger partial charge in [-0.3, -0.25) is 0 Å². The lowest BCUT2D eigenvalue weighted by atomic mass is 10.1. The van der Waals surface area contributed by atoms with Crippen molar-refractivity contribution in [2.75, 3.05) is 6.61 Å². The van der Waals surface area contributed by atoms with E-state index in [4.69, 9.17) is 9.84 Å². The zero-order chi connectivity index (χ0) is 11.4. The van der Waals surface area contributed by atoms with Crippen LogP contribution >= 0.6 is 15.9 Å². The van der Waals surface area contributed by atoms with Crippen molar-refractivity contribution in [1.29, 1.82) is 0 Å². The van der Waals surface area contributed by atoms with Crippen LogP contribution in [0.15, 0.2) is 29.3 Å². The smallest absolute Gasteiger partial charge is 0.336 e. The average molecular weight is 271 g/mol. The van der Waals surface area contributed by atoms with Gasteiger partial charge in [0, 0.05) is 10.0 Å². The van der Waals surface area contributed by atoms with Crippen LogP contribution < -0.4 is 0 Å². The van der Waals surface area contributed by atoms with Crippen molar-refractivity contribution >= 4 is 27.7 Å². The Morgan fingerprint density at radius 1 is 1.60 bits per heavy atom. The molecule has 0 fully saturated rings. The number of carboxylic acids is 1. The van der Waals surface area contributed by atoms with Crippen LogP contribution in [0.5, 0.6) is 0 Å². The minimum atomic E-state index is -0.979. The molecule has 0 aliphatic rings. The Morgan fingerprint density at radius 2 is 2.27 bits per heavy atom. The van der Waals surface area contributed by atoms with E-state index >= 15 is 0 Å². The molecule has 0 atom stereocenters. The van der Waals surface area contributed by atoms with Gasteiger partial charge in [0.1, 0.15) is 5.76 Å². The fourth-order valence-corrected chi connectivity index (χ4v) is 1.54. The maximum Gasteiger partial charge on any atom is 0.336 e. The third-order valence-corrected chi connectivity index (χ3v) is 2.53. The third-order valence-electron chi connectivity index (χ3n) is 1.84. The Labute approximate surface area is 96.5 Å². The van der Waals surface area contributed by atoms with Crippen molar-refractivity contribution in [1.82, 2.24) is 0 Å². The summed E-state index contributed by atoms with van der Waals surface area (Å²) in [5.74, 6) is -0.500. The highest BCUT2D eigenvalue weighted by atomic mass is 79.9. The summed E-state index contributed by atoms with van der Waals surface area (Å²) in [6.45, 7) is 6.07. The van der Waals surface area contributed by atoms with E-state index in [2.05, 4.69) is 22.5 Å². The molecule has 0 bridgehead atoms. The zero-order valence-corrected chi connectivity index (χ0v) is 9.87. The summed E-state index contributed by atoms with van der Waals surface area (Å²) in [5.41, 5.74) is 0.880. The Morgan fingerprint density at radius 3 is 2.80 bits per heavy atom. The number of carbonyl (C=O) groups is 1. The van der Waals surface area contributed by atoms with E-state index in [1.165, 1.54) is 6.07 Å². The number of halogens is 1. The van der Waals surface area contributed by atoms with Gasteiger partial charge in [-0.2, -0.15) is 0 Å². The van der Waals surface area contributed by atoms with E-state index in [0.717, 1.165) is 0 Å². The lowest BCUT2D eigenvalue weighted by Gasteiger charge is -2.08. The predicted molar refractivity (Wildman–Crippen MR) is 61.8 cm³/mol. The number of benzene rings is 1. The molecule has 0 heterocycles. The first kappa shape index (κ1) is 11.8. The van der Waals surface area contributed by atoms with Crippen molar-refractivity contribution in [3.63, 3.8) is 0 Å². The van der Waals surface area contributed by atoms with Gasteiger partial charge in [-0.1, -0.05) is 12.6 Å². The van der Waals surface area contributed by atoms with Crippen molar-refractivity contribution in [2.45, 2.75) is 6.92 Å². The molecule has 0 spiro atoms. The molecule has 0 amide bonds. The van der Waals surface area contributed by atoms with Gasteiger partial charge in [0.05, 0.1) is 12.2 Å². The van der Waals surface area contributed by atoms with Gasteiger partial charge in [-0.05, 0) is 35.0 Å². The number of hydrogen-bond acceptors (Lipinski definition) is 2. The molecule has 1 aromatic carbocycles. The topological polar surface area (TPSA) is 46.5 Å². The van der Waals surface area contributed by atoms with Crippen LogP contribution in [0.3, 0.4) is 0 Å². The van der Waals surface area contributed by atoms with Crippen LogP contribution in [0.2, 0.25) is 0 Å². The average Bonchev–Trinajstić information content (AvgIpc) is 2.18. The van der Waals surface area contributed by atoms with Crippen LogP contribution in [0.25, 0.3) is 5.76 Å². The van der Waals surface area contributed by atoms with Gasteiger partial charge in [0.25, 0.3) is 0 Å². The summed E-state index contributed by atoms with van der Waals surface area (Å²) in [4.78, 5) is 10.9. The molecule has 1 rings (SSSR count). The first-order valence-corrected chi connectivity index (χ1v) is 5.20. The molecule has 0 aromatic heterocycles. The van der Waals surface area contributed by atoms with Gasteiger partial charge < -0.3 is 9.84 Å². The summed E-state index contributed by atoms with van der Waals surface area (Å²) < 4.78 is 5.74. The number of carboxylic acid groups (broad SMARTS) is 1. The fourth-order valence-electron chi connectivity index (χ4n) is 1.12. The van der Waals surface area contributed by atoms with Gasteiger partial charge >= 0.3 is 5.97 Å². The fraction of sp³-hybridized carbons (Fsp3) is 0.182. The van der Waals surface area contributed by atoms with Crippen molar-refractivity contribution in [3.05, 3.63) is 40.4 Å². The lowest BCUT2D eigenvalue weighted by Crippen LogP contribution is -1.99. The van der Waals surface area contributed by atoms with Crippen LogP contribution in [-0.4, -0.2) is 17.7 Å². The molecule has 3 nitrogen and oxygen atoms in total. The van der Waals surface area contributed by atoms with Crippen LogP contribution in [-0.2, 0) is 4.74 Å². The molecule has 0 aliphatic carbocycles. The van der Waals surface area contributed by atoms with Crippen LogP contribution in [0, 0.1) is 0 Å². The van der Waals surface area contributed by atoms with Crippen molar-refractivity contribution in [2.24, 2.45) is 0 Å². The molecular formula is C11H11BrO3. The first-order valence-electron chi connectivity index (χ1n) is 4.41. The number of ether oxygens (including phenoxy) is 1. The van der Waals surface area contributed by atoms with Gasteiger partial charge in [-0.25, -0.2) is 4.79 Å². The summed E-state index contributed by atoms with van der Waals surface area (Å²) in [7, 11) is 0. The highest BCUT2D eigenvalue weighted by Crippen LogP contribution is 2.22. The van der Waals surface area contributed by atoms with E-state index in [-0.39, 0.29) is 5.56 Å². The highest BCUT2D eigenvalue weighted by molar-refractivity contribution is 9.10. The number of aromatic carboxylic acids is 1. The molecule has 1 aromatic rings. The monoisotopic (exact) mass is 270 g/mol. The second-order valence-electron chi connectivity index (χ2n) is 2.86. The molecule has 0 unspecified atom stereocenters. The molecule has 1 N–H and O–H groups in total. The van der Waals surface area contributed by atoms with Gasteiger partial charge in [0.15, 0.2) is 0 Å². The van der Waals surface area contributed by atoms with Crippen molar-refractivity contribution < 1.29 is 14.6 Å². The third kappa shape index (κ3) is 2.83. The molecular weight excluding hydrogens is 260 g/mol. The Balaban J connectivity index is 3.07. The normalized spacial score (nSPS) is 9.73. The van der Waals surface area contributed by atoms with Crippen LogP contribution in [0.4, 0.5) is 0 Å². The van der Waals surface area contributed by atoms with Crippen molar-refractivity contribution in [3.8, 4) is 0 Å². The zero-order valence-electron chi connectivity index (χ0n) is 8.29. The maximum atomic E-state index is 10.9. The van der Waals surface area contributed by atoms with Gasteiger partial charge in [0.2, 0.25) is 0 Å². The first-order chi connectivity index (χ1) is 7.06. The molecule has 0 saturated carbocycles. The number of rotatable bonds is 4. The largest absolute Gasteiger partial charge is 0.494 e. The quantitative estimate of drug-likeness (QED) is 0.855. The Bertz CT molecular complexity index is 399. The molecule has 80 valence electrons. The maximum absolute atomic E-state index is 10.9. The minimum Gasteiger partial charge on any atom is -0.494 e. The van der Waals surface area contributed by atoms with E-state index < -0.39 is 5.97 Å². The van der Waals surface area contributed by atoms with E-state index in [0.29, 0.717) is 22.4 Å². The lowest BCUT2D eigenvalue weighted by molar-refractivity contribution is 0.0696. The molecule has 4 heteroatoms. The Hall–Kier alpha value is -1.29. The van der Waals surface area contributed by atoms with Gasteiger partial charge in [-0.15, -0.1) is 0 Å². The summed E-state index contributed by atoms with van der Waals surface area (Å²) in [6.07, 6.45) is 0. The number of hydrogen-bond donors (Lipinski definition) is 1. The standard InChI is InChI=1S/C11H11BrO3/c1-3-15-7(2)8-4-5-10(12)9(6-8)11(13)14/h4-6H,2-3H2,1H3,(H,13,14). The summed E-state index contributed by atoms with van der Waals surface area (Å²) in [5, 5.41) is 8.90. The molecule has 15 heavy (non-hydrogen) atoms.